The number of carboxylic acid groups (broad SMARTS) is 1. The van der Waals surface area contributed by atoms with Crippen LogP contribution < -0.4 is 9.64 Å². The third kappa shape index (κ3) is 14.9. The Morgan fingerprint density at radius 1 is 0.886 bits per heavy atom. The summed E-state index contributed by atoms with van der Waals surface area (Å²) in [7, 11) is -2.40. The first-order valence-corrected chi connectivity index (χ1v) is 24.0. The molecule has 0 saturated heterocycles. The summed E-state index contributed by atoms with van der Waals surface area (Å²) in [5.41, 5.74) is 0.723. The summed E-state index contributed by atoms with van der Waals surface area (Å²) in [6.45, 7) is 7.72. The highest BCUT2D eigenvalue weighted by molar-refractivity contribution is 7.90. The van der Waals surface area contributed by atoms with Crippen molar-refractivity contribution in [2.45, 2.75) is 82.3 Å². The first-order valence-electron chi connectivity index (χ1n) is 20.8. The number of alkyl halides is 7. The molecule has 70 heavy (non-hydrogen) atoms. The van der Waals surface area contributed by atoms with E-state index in [2.05, 4.69) is 18.1 Å². The number of hydrogen-bond donors (Lipinski definition) is 1. The Morgan fingerprint density at radius 2 is 1.51 bits per heavy atom. The van der Waals surface area contributed by atoms with Gasteiger partial charge in [-0.15, -0.1) is 11.6 Å². The number of carboxylic acids is 1. The molecule has 0 radical (unpaired) electrons. The monoisotopic (exact) mass is 1060 g/mol. The quantitative estimate of drug-likeness (QED) is 0.0454. The SMILES string of the molecule is CCc1cccc(C)c1N(C(=O)CCl)C(C)COC.CS(=O)(=O)c1cc(C(F)(F)F)ccc1C(=O)c1cnoc1C1CC1.C[C@H](OC(=O)c1cc(Oc2ccc(C(F)(F)F)cc2Cl)ccc1Cl)C(=O)O. The van der Waals surface area contributed by atoms with Crippen molar-refractivity contribution < 1.29 is 77.8 Å². The van der Waals surface area contributed by atoms with Gasteiger partial charge < -0.3 is 28.7 Å². The van der Waals surface area contributed by atoms with Crippen LogP contribution in [0.3, 0.4) is 0 Å². The molecule has 13 nitrogen and oxygen atoms in total. The van der Waals surface area contributed by atoms with Crippen molar-refractivity contribution in [2.75, 3.05) is 30.8 Å². The highest BCUT2D eigenvalue weighted by Crippen LogP contribution is 2.43. The molecule has 1 aromatic heterocycles. The third-order valence-electron chi connectivity index (χ3n) is 10.2. The van der Waals surface area contributed by atoms with E-state index in [9.17, 15) is 53.9 Å². The second-order valence-corrected chi connectivity index (χ2v) is 18.7. The van der Waals surface area contributed by atoms with Gasteiger partial charge in [0, 0.05) is 24.8 Å². The highest BCUT2D eigenvalue weighted by atomic mass is 35.5. The molecule has 4 aromatic carbocycles. The third-order valence-corrected chi connectivity index (χ3v) is 12.2. The maximum absolute atomic E-state index is 12.8. The van der Waals surface area contributed by atoms with Crippen LogP contribution in [0, 0.1) is 6.92 Å². The van der Waals surface area contributed by atoms with Gasteiger partial charge >= 0.3 is 24.3 Å². The molecule has 1 fully saturated rings. The van der Waals surface area contributed by atoms with Crippen LogP contribution in [0.4, 0.5) is 32.0 Å². The Labute approximate surface area is 413 Å². The van der Waals surface area contributed by atoms with Crippen molar-refractivity contribution in [1.29, 1.82) is 0 Å². The van der Waals surface area contributed by atoms with Crippen LogP contribution in [0.5, 0.6) is 11.5 Å². The largest absolute Gasteiger partial charge is 0.479 e. The fourth-order valence-corrected chi connectivity index (χ4v) is 8.05. The van der Waals surface area contributed by atoms with Crippen LogP contribution in [0.25, 0.3) is 0 Å². The molecule has 0 aliphatic heterocycles. The zero-order valence-electron chi connectivity index (χ0n) is 38.0. The van der Waals surface area contributed by atoms with E-state index in [0.29, 0.717) is 30.6 Å². The molecular weight excluding hydrogens is 1020 g/mol. The summed E-state index contributed by atoms with van der Waals surface area (Å²) in [5.74, 6) is -2.82. The van der Waals surface area contributed by atoms with Crippen molar-refractivity contribution in [2.24, 2.45) is 0 Å². The Kier molecular flexibility index (Phi) is 19.5. The maximum atomic E-state index is 12.8. The van der Waals surface area contributed by atoms with E-state index in [4.69, 9.17) is 58.6 Å². The number of benzene rings is 4. The smallest absolute Gasteiger partial charge is 0.416 e. The van der Waals surface area contributed by atoms with E-state index in [-0.39, 0.29) is 62.0 Å². The fraction of sp³-hybridized carbons (Fsp3) is 0.340. The molecule has 1 saturated carbocycles. The minimum Gasteiger partial charge on any atom is -0.479 e. The number of aliphatic carboxylic acids is 1. The average Bonchev–Trinajstić information content (AvgIpc) is 4.02. The maximum Gasteiger partial charge on any atom is 0.416 e. The number of halogens is 9. The molecule has 1 heterocycles. The van der Waals surface area contributed by atoms with Gasteiger partial charge in [0.15, 0.2) is 27.5 Å². The number of nitrogens with zero attached hydrogens (tertiary/aromatic N) is 2. The zero-order valence-corrected chi connectivity index (χ0v) is 41.1. The number of ether oxygens (including phenoxy) is 3. The van der Waals surface area contributed by atoms with Crippen LogP contribution in [0.15, 0.2) is 88.4 Å². The topological polar surface area (TPSA) is 180 Å². The van der Waals surface area contributed by atoms with E-state index >= 15 is 0 Å². The van der Waals surface area contributed by atoms with Gasteiger partial charge in [-0.25, -0.2) is 18.0 Å². The number of sulfone groups is 1. The molecule has 1 unspecified atom stereocenters. The van der Waals surface area contributed by atoms with Gasteiger partial charge in [-0.3, -0.25) is 9.59 Å². The van der Waals surface area contributed by atoms with Gasteiger partial charge in [0.2, 0.25) is 5.91 Å². The number of anilines is 1. The average molecular weight is 1070 g/mol. The number of aryl methyl sites for hydroxylation is 2. The van der Waals surface area contributed by atoms with E-state index < -0.39 is 62.0 Å². The van der Waals surface area contributed by atoms with E-state index in [1.165, 1.54) is 18.3 Å². The first-order chi connectivity index (χ1) is 32.6. The van der Waals surface area contributed by atoms with Crippen molar-refractivity contribution in [3.8, 4) is 11.5 Å². The van der Waals surface area contributed by atoms with E-state index in [0.717, 1.165) is 73.5 Å². The number of carbonyl (C=O) groups excluding carboxylic acids is 3. The molecule has 6 rings (SSSR count). The number of hydrogen-bond acceptors (Lipinski definition) is 11. The van der Waals surface area contributed by atoms with Crippen molar-refractivity contribution in [1.82, 2.24) is 5.16 Å². The lowest BCUT2D eigenvalue weighted by atomic mass is 10.0. The van der Waals surface area contributed by atoms with E-state index in [1.807, 2.05) is 26.0 Å². The van der Waals surface area contributed by atoms with Crippen molar-refractivity contribution in [3.63, 3.8) is 0 Å². The molecule has 378 valence electrons. The summed E-state index contributed by atoms with van der Waals surface area (Å²) in [5, 5.41) is 12.0. The summed E-state index contributed by atoms with van der Waals surface area (Å²) in [6.07, 6.45) is -6.22. The van der Waals surface area contributed by atoms with Gasteiger partial charge in [0.1, 0.15) is 17.4 Å². The molecule has 1 N–H and O–H groups in total. The fourth-order valence-electron chi connectivity index (χ4n) is 6.60. The zero-order chi connectivity index (χ0) is 52.5. The van der Waals surface area contributed by atoms with Crippen LogP contribution in [-0.4, -0.2) is 80.3 Å². The van der Waals surface area contributed by atoms with Crippen LogP contribution in [0.2, 0.25) is 10.0 Å². The lowest BCUT2D eigenvalue weighted by Crippen LogP contribution is -2.43. The number of aromatic nitrogens is 1. The molecule has 0 bridgehead atoms. The summed E-state index contributed by atoms with van der Waals surface area (Å²) >= 11 is 17.5. The number of ketones is 1. The molecule has 1 amide bonds. The predicted octanol–water partition coefficient (Wildman–Crippen LogP) is 11.8. The van der Waals surface area contributed by atoms with Crippen LogP contribution in [-0.2, 0) is 47.7 Å². The van der Waals surface area contributed by atoms with Gasteiger partial charge in [-0.05, 0) is 106 Å². The lowest BCUT2D eigenvalue weighted by Gasteiger charge is -2.31. The van der Waals surface area contributed by atoms with Crippen molar-refractivity contribution >= 4 is 74.0 Å². The first kappa shape index (κ1) is 56.9. The number of esters is 1. The Balaban J connectivity index is 0.000000232. The summed E-state index contributed by atoms with van der Waals surface area (Å²) in [6, 6.07) is 14.4. The van der Waals surface area contributed by atoms with Crippen molar-refractivity contribution in [3.05, 3.63) is 134 Å². The van der Waals surface area contributed by atoms with Crippen LogP contribution >= 0.6 is 34.8 Å². The molecule has 5 aromatic rings. The Bertz CT molecular complexity index is 2820. The molecule has 2 atom stereocenters. The van der Waals surface area contributed by atoms with E-state index in [1.54, 1.807) is 12.0 Å². The number of rotatable bonds is 15. The van der Waals surface area contributed by atoms with Gasteiger partial charge in [-0.1, -0.05) is 53.5 Å². The molecular formula is C47H45Cl3F6N2O11S. The predicted molar refractivity (Wildman–Crippen MR) is 247 cm³/mol. The second kappa shape index (κ2) is 24.0. The van der Waals surface area contributed by atoms with Gasteiger partial charge in [-0.2, -0.15) is 26.3 Å². The molecule has 0 spiro atoms. The second-order valence-electron chi connectivity index (χ2n) is 15.6. The summed E-state index contributed by atoms with van der Waals surface area (Å²) in [4.78, 5) is 48.7. The Hall–Kier alpha value is -5.67. The number of carbonyl (C=O) groups is 4. The van der Waals surface area contributed by atoms with Gasteiger partial charge in [0.25, 0.3) is 0 Å². The summed E-state index contributed by atoms with van der Waals surface area (Å²) < 4.78 is 121. The Morgan fingerprint density at radius 3 is 2.06 bits per heavy atom. The lowest BCUT2D eigenvalue weighted by molar-refractivity contribution is -0.146. The molecule has 1 aliphatic rings. The van der Waals surface area contributed by atoms with Crippen LogP contribution in [0.1, 0.15) is 93.8 Å². The molecule has 23 heteroatoms. The van der Waals surface area contributed by atoms with Gasteiger partial charge in [0.05, 0.1) is 61.7 Å². The number of amides is 1. The number of para-hydroxylation sites is 1. The normalized spacial score (nSPS) is 13.4. The standard InChI is InChI=1S/C17H11Cl2F3O5.C15H22ClNO2.C15H12F3NO4S/c1-8(15(23)24)26-16(25)11-7-10(3-4-12(11)18)27-14-5-2-9(6-13(14)19)17(20,21)22;1-5-13-8-6-7-11(2)15(13)17(14(18)9-16)12(3)10-19-4;1-24(21,22)12-6-9(15(16,17)18)4-5-10(12)13(20)11-7-19-23-14(11)8-2-3-8/h2-8H,1H3,(H,23,24);6-8,12H,5,9-10H2,1-4H3;4-8H,2-3H2,1H3/t8-;;/m0../s1. The highest BCUT2D eigenvalue weighted by Gasteiger charge is 2.37. The minimum atomic E-state index is -4.71. The minimum absolute atomic E-state index is 0.0223. The molecule has 1 aliphatic carbocycles. The number of methoxy groups -OCH3 is 1.